The van der Waals surface area contributed by atoms with Gasteiger partial charge in [0, 0.05) is 96.8 Å². The van der Waals surface area contributed by atoms with Crippen LogP contribution in [-0.4, -0.2) is 107 Å². The van der Waals surface area contributed by atoms with E-state index in [1.807, 2.05) is 103 Å². The zero-order valence-corrected chi connectivity index (χ0v) is 52.9. The van der Waals surface area contributed by atoms with Crippen molar-refractivity contribution in [3.63, 3.8) is 0 Å². The molecule has 10 rings (SSSR count). The van der Waals surface area contributed by atoms with E-state index in [1.54, 1.807) is 30.3 Å². The van der Waals surface area contributed by atoms with Gasteiger partial charge in [0.25, 0.3) is 11.8 Å². The Bertz CT molecular complexity index is 3920. The van der Waals surface area contributed by atoms with Crippen LogP contribution in [0.2, 0.25) is 0 Å². The molecule has 6 aromatic carbocycles. The number of carbonyl (C=O) groups excluding carboxylic acids is 4. The fraction of sp³-hybridized carbons (Fsp3) is 0.284. The molecule has 24 heteroatoms. The zero-order chi connectivity index (χ0) is 65.6. The Morgan fingerprint density at radius 3 is 1.43 bits per heavy atom. The van der Waals surface area contributed by atoms with E-state index in [0.717, 1.165) is 83.4 Å². The number of para-hydroxylation sites is 4. The second kappa shape index (κ2) is 30.6. The van der Waals surface area contributed by atoms with Crippen LogP contribution in [0.25, 0.3) is 22.5 Å². The Morgan fingerprint density at radius 1 is 0.593 bits per heavy atom. The van der Waals surface area contributed by atoms with Gasteiger partial charge in [-0.25, -0.2) is 51.9 Å². The van der Waals surface area contributed by atoms with Crippen molar-refractivity contribution in [3.8, 4) is 22.5 Å². The number of fused-ring (bicyclic) bond motifs is 2. The molecular weight excluding hydrogens is 1190 g/mol. The first kappa shape index (κ1) is 67.1. The van der Waals surface area contributed by atoms with Gasteiger partial charge in [-0.05, 0) is 145 Å². The third-order valence-corrected chi connectivity index (χ3v) is 15.3. The molecule has 476 valence electrons. The van der Waals surface area contributed by atoms with Gasteiger partial charge in [0.15, 0.2) is 11.6 Å². The standard InChI is InChI=1S/C33H35F2N7O2.C24H23F2N5O3S.C10H16N2/c1-20(2)38-31(43)22-15-14-21(3)24(18-22)28-25-19-37-33(44)42(29-26(34)12-8-13-27(29)35)30(25)40-32(39-28)36-16-9-17-41(4)23-10-6-5-7-11-23;1-12(2)28-22(32)14-9-8-13(3)15(10-14)19-16-11-27-24(33)31(20-17(25)6-5-7-18(20)26)21(16)30-23(29-19)35(4)34;1-12(9-5-8-11)10-6-3-2-4-7-10/h5-8,10-15,18,20H,9,16-17,19H2,1-4H3,(H,37,44)(H,38,43)(H,36,39,40);5-10,12H,11H2,1-4H3,(H,27,33)(H,28,32);2-4,6-7H,5,8-9,11H2,1H3. The van der Waals surface area contributed by atoms with Crippen LogP contribution in [0, 0.1) is 37.1 Å². The van der Waals surface area contributed by atoms with Crippen LogP contribution in [0.15, 0.2) is 139 Å². The zero-order valence-electron chi connectivity index (χ0n) is 52.1. The molecule has 0 aliphatic carbocycles. The average molecular weight is 1260 g/mol. The molecule has 2 aromatic heterocycles. The number of nitrogens with zero attached hydrogens (tertiary/aromatic N) is 8. The van der Waals surface area contributed by atoms with E-state index in [-0.39, 0.29) is 59.7 Å². The van der Waals surface area contributed by atoms with E-state index in [2.05, 4.69) is 70.5 Å². The van der Waals surface area contributed by atoms with Gasteiger partial charge in [-0.1, -0.05) is 60.7 Å². The number of nitrogens with one attached hydrogen (secondary N) is 5. The first-order chi connectivity index (χ1) is 43.6. The first-order valence-electron chi connectivity index (χ1n) is 29.6. The highest BCUT2D eigenvalue weighted by molar-refractivity contribution is 7.84. The van der Waals surface area contributed by atoms with Gasteiger partial charge in [0.1, 0.15) is 34.6 Å². The second-order valence-corrected chi connectivity index (χ2v) is 23.5. The van der Waals surface area contributed by atoms with Crippen LogP contribution in [0.4, 0.5) is 67.5 Å². The van der Waals surface area contributed by atoms with E-state index in [4.69, 9.17) is 10.7 Å². The van der Waals surface area contributed by atoms with Gasteiger partial charge in [0.2, 0.25) is 11.1 Å². The molecule has 2 aliphatic rings. The molecule has 0 saturated carbocycles. The summed E-state index contributed by atoms with van der Waals surface area (Å²) in [7, 11) is 2.42. The summed E-state index contributed by atoms with van der Waals surface area (Å²) < 4.78 is 71.8. The monoisotopic (exact) mass is 1260 g/mol. The molecule has 2 aliphatic heterocycles. The van der Waals surface area contributed by atoms with Crippen LogP contribution < -0.4 is 51.9 Å². The number of anilines is 7. The van der Waals surface area contributed by atoms with Gasteiger partial charge in [-0.15, -0.1) is 0 Å². The Morgan fingerprint density at radius 2 is 1.01 bits per heavy atom. The summed E-state index contributed by atoms with van der Waals surface area (Å²) in [5.74, 6) is -4.10. The summed E-state index contributed by atoms with van der Waals surface area (Å²) in [5.41, 5.74) is 11.8. The van der Waals surface area contributed by atoms with E-state index in [9.17, 15) is 32.2 Å². The minimum absolute atomic E-state index is 0.0279. The normalized spacial score (nSPS) is 12.7. The predicted octanol–water partition coefficient (Wildman–Crippen LogP) is 11.6. The van der Waals surface area contributed by atoms with Crippen molar-refractivity contribution in [1.82, 2.24) is 41.2 Å². The maximum Gasteiger partial charge on any atom is 0.328 e. The lowest BCUT2D eigenvalue weighted by Crippen LogP contribution is -2.43. The molecule has 0 fully saturated rings. The average Bonchev–Trinajstić information content (AvgIpc) is 0.774. The SMILES string of the molecule is CN(CCCN)c1ccccc1.Cc1ccc(C(=O)NC(C)C)cc1-c1nc(NCCCN(C)c2ccccc2)nc2c1CNC(=O)N2c1c(F)cccc1F.Cc1ccc(C(=O)NC(C)C)cc1-c1nc(S(C)=O)nc2c1CNC(=O)N2c1c(F)cccc1F. The Hall–Kier alpha value is -9.81. The summed E-state index contributed by atoms with van der Waals surface area (Å²) >= 11 is 0. The summed E-state index contributed by atoms with van der Waals surface area (Å²) in [6.45, 7) is 14.2. The highest BCUT2D eigenvalue weighted by atomic mass is 32.2. The van der Waals surface area contributed by atoms with Crippen LogP contribution in [0.3, 0.4) is 0 Å². The molecule has 91 heavy (non-hydrogen) atoms. The molecule has 0 spiro atoms. The molecular formula is C67H74F4N14O5S. The van der Waals surface area contributed by atoms with E-state index in [0.29, 0.717) is 51.3 Å². The van der Waals surface area contributed by atoms with Gasteiger partial charge in [-0.3, -0.25) is 13.8 Å². The Balaban J connectivity index is 0.000000202. The van der Waals surface area contributed by atoms with Gasteiger partial charge in [-0.2, -0.15) is 4.98 Å². The number of halogens is 4. The Kier molecular flexibility index (Phi) is 22.6. The number of nitrogens with two attached hydrogens (primary N) is 1. The number of aryl methyl sites for hydroxylation is 2. The summed E-state index contributed by atoms with van der Waals surface area (Å²) in [4.78, 5) is 75.6. The van der Waals surface area contributed by atoms with Crippen molar-refractivity contribution in [3.05, 3.63) is 190 Å². The van der Waals surface area contributed by atoms with E-state index < -0.39 is 57.5 Å². The molecule has 0 radical (unpaired) electrons. The second-order valence-electron chi connectivity index (χ2n) is 22.2. The van der Waals surface area contributed by atoms with Crippen molar-refractivity contribution in [2.45, 2.75) is 84.7 Å². The summed E-state index contributed by atoms with van der Waals surface area (Å²) in [6.07, 6.45) is 3.14. The highest BCUT2D eigenvalue weighted by Gasteiger charge is 2.36. The lowest BCUT2D eigenvalue weighted by atomic mass is 9.97. The number of aromatic nitrogens is 4. The Labute approximate surface area is 529 Å². The lowest BCUT2D eigenvalue weighted by Gasteiger charge is -2.31. The predicted molar refractivity (Wildman–Crippen MR) is 350 cm³/mol. The van der Waals surface area contributed by atoms with Crippen LogP contribution in [0.1, 0.15) is 83.5 Å². The summed E-state index contributed by atoms with van der Waals surface area (Å²) in [6, 6.07) is 35.7. The minimum Gasteiger partial charge on any atom is -0.375 e. The molecule has 19 nitrogen and oxygen atoms in total. The molecule has 0 saturated heterocycles. The van der Waals surface area contributed by atoms with Gasteiger partial charge >= 0.3 is 12.1 Å². The van der Waals surface area contributed by atoms with Crippen molar-refractivity contribution >= 4 is 75.0 Å². The largest absolute Gasteiger partial charge is 0.375 e. The van der Waals surface area contributed by atoms with Crippen LogP contribution >= 0.6 is 0 Å². The molecule has 1 atom stereocenters. The highest BCUT2D eigenvalue weighted by Crippen LogP contribution is 2.41. The number of hydrogen-bond acceptors (Lipinski definition) is 13. The maximum atomic E-state index is 15.0. The minimum atomic E-state index is -1.68. The summed E-state index contributed by atoms with van der Waals surface area (Å²) in [5, 5.41) is 14.1. The number of benzene rings is 6. The molecule has 1 unspecified atom stereocenters. The molecule has 6 amide bonds. The first-order valence-corrected chi connectivity index (χ1v) is 31.1. The lowest BCUT2D eigenvalue weighted by molar-refractivity contribution is 0.0934. The van der Waals surface area contributed by atoms with Crippen LogP contribution in [-0.2, 0) is 23.9 Å². The third-order valence-electron chi connectivity index (χ3n) is 14.6. The number of amides is 6. The van der Waals surface area contributed by atoms with E-state index >= 15 is 8.78 Å². The number of hydrogen-bond donors (Lipinski definition) is 6. The topological polar surface area (TPSA) is 236 Å². The third kappa shape index (κ3) is 16.3. The smallest absolute Gasteiger partial charge is 0.328 e. The molecule has 4 heterocycles. The fourth-order valence-corrected chi connectivity index (χ4v) is 10.4. The van der Waals surface area contributed by atoms with Gasteiger partial charge < -0.3 is 42.1 Å². The number of urea groups is 2. The van der Waals surface area contributed by atoms with Crippen molar-refractivity contribution in [2.75, 3.05) is 71.4 Å². The quantitative estimate of drug-likeness (QED) is 0.0251. The number of rotatable bonds is 19. The molecule has 8 aromatic rings. The van der Waals surface area contributed by atoms with Gasteiger partial charge in [0.05, 0.1) is 35.3 Å². The van der Waals surface area contributed by atoms with Crippen molar-refractivity contribution in [1.29, 1.82) is 0 Å². The molecule has 7 N–H and O–H groups in total. The maximum absolute atomic E-state index is 15.0. The van der Waals surface area contributed by atoms with E-state index in [1.165, 1.54) is 24.1 Å². The fourth-order valence-electron chi connectivity index (χ4n) is 9.97. The van der Waals surface area contributed by atoms with Crippen molar-refractivity contribution in [2.24, 2.45) is 5.73 Å². The van der Waals surface area contributed by atoms with Crippen LogP contribution in [0.5, 0.6) is 0 Å². The number of carbonyl (C=O) groups is 4. The van der Waals surface area contributed by atoms with Crippen molar-refractivity contribution < 1.29 is 40.9 Å². The molecule has 0 bridgehead atoms.